The van der Waals surface area contributed by atoms with Gasteiger partial charge in [0.25, 0.3) is 0 Å². The number of piperazine rings is 1. The van der Waals surface area contributed by atoms with Crippen molar-refractivity contribution in [2.45, 2.75) is 70.1 Å². The molecule has 0 radical (unpaired) electrons. The van der Waals surface area contributed by atoms with Crippen LogP contribution in [0.15, 0.2) is 77.7 Å². The first-order chi connectivity index (χ1) is 20.5. The zero-order valence-corrected chi connectivity index (χ0v) is 27.3. The van der Waals surface area contributed by atoms with Gasteiger partial charge in [0.2, 0.25) is 15.9 Å². The van der Waals surface area contributed by atoms with Crippen molar-refractivity contribution in [3.63, 3.8) is 0 Å². The summed E-state index contributed by atoms with van der Waals surface area (Å²) in [6.07, 6.45) is 0. The Bertz CT molecular complexity index is 1480. The van der Waals surface area contributed by atoms with Gasteiger partial charge in [-0.1, -0.05) is 102 Å². The number of hydrogen-bond donors (Lipinski definition) is 0. The lowest BCUT2D eigenvalue weighted by Crippen LogP contribution is -2.51. The first-order valence-electron chi connectivity index (χ1n) is 15.8. The Labute approximate surface area is 258 Å². The molecule has 2 atom stereocenters. The van der Waals surface area contributed by atoms with Crippen molar-refractivity contribution < 1.29 is 13.2 Å². The van der Waals surface area contributed by atoms with Gasteiger partial charge in [0, 0.05) is 50.9 Å². The largest absolute Gasteiger partial charge is 0.368 e. The Morgan fingerprint density at radius 1 is 0.721 bits per heavy atom. The molecule has 2 aliphatic heterocycles. The minimum atomic E-state index is -3.86. The second-order valence-electron chi connectivity index (χ2n) is 13.1. The molecule has 5 rings (SSSR count). The van der Waals surface area contributed by atoms with E-state index in [2.05, 4.69) is 70.7 Å². The normalized spacial score (nSPS) is 20.0. The number of carbonyl (C=O) groups excluding carboxylic acids is 1. The predicted octanol–water partition coefficient (Wildman–Crippen LogP) is 6.81. The molecule has 6 nitrogen and oxygen atoms in total. The first-order valence-corrected chi connectivity index (χ1v) is 17.2. The lowest BCUT2D eigenvalue weighted by molar-refractivity contribution is -0.135. The summed E-state index contributed by atoms with van der Waals surface area (Å²) in [7, 11) is -3.86. The van der Waals surface area contributed by atoms with Crippen molar-refractivity contribution in [2.75, 3.05) is 44.2 Å². The molecule has 2 aliphatic rings. The maximum absolute atomic E-state index is 14.7. The Hall–Kier alpha value is -3.16. The third-order valence-corrected chi connectivity index (χ3v) is 11.2. The highest BCUT2D eigenvalue weighted by molar-refractivity contribution is 7.89. The number of amides is 1. The molecule has 0 bridgehead atoms. The topological polar surface area (TPSA) is 60.9 Å². The first kappa shape index (κ1) is 31.3. The van der Waals surface area contributed by atoms with Crippen molar-refractivity contribution in [2.24, 2.45) is 5.92 Å². The van der Waals surface area contributed by atoms with Crippen LogP contribution in [0.1, 0.15) is 87.5 Å². The molecule has 1 amide bonds. The van der Waals surface area contributed by atoms with Crippen LogP contribution >= 0.6 is 0 Å². The summed E-state index contributed by atoms with van der Waals surface area (Å²) >= 11 is 0. The van der Waals surface area contributed by atoms with Crippen LogP contribution in [0.5, 0.6) is 0 Å². The molecule has 2 heterocycles. The van der Waals surface area contributed by atoms with Crippen molar-refractivity contribution in [1.82, 2.24) is 9.21 Å². The Morgan fingerprint density at radius 3 is 1.77 bits per heavy atom. The summed E-state index contributed by atoms with van der Waals surface area (Å²) in [4.78, 5) is 18.9. The zero-order chi connectivity index (χ0) is 30.9. The summed E-state index contributed by atoms with van der Waals surface area (Å²) < 4.78 is 31.0. The number of para-hydroxylation sites is 1. The summed E-state index contributed by atoms with van der Waals surface area (Å²) in [6, 6.07) is 24.5. The molecular formula is C36H47N3O3S. The fourth-order valence-electron chi connectivity index (χ4n) is 6.63. The van der Waals surface area contributed by atoms with E-state index in [-0.39, 0.29) is 30.2 Å². The second-order valence-corrected chi connectivity index (χ2v) is 15.0. The number of anilines is 1. The zero-order valence-electron chi connectivity index (χ0n) is 26.5. The third kappa shape index (κ3) is 6.39. The van der Waals surface area contributed by atoms with E-state index in [9.17, 15) is 13.2 Å². The van der Waals surface area contributed by atoms with Gasteiger partial charge in [-0.25, -0.2) is 8.42 Å². The van der Waals surface area contributed by atoms with E-state index >= 15 is 0 Å². The van der Waals surface area contributed by atoms with Gasteiger partial charge in [-0.05, 0) is 52.1 Å². The molecule has 3 aromatic rings. The van der Waals surface area contributed by atoms with Crippen LogP contribution in [-0.4, -0.2) is 62.8 Å². The number of benzene rings is 3. The number of rotatable bonds is 8. The summed E-state index contributed by atoms with van der Waals surface area (Å²) in [6.45, 7) is 15.9. The lowest BCUT2D eigenvalue weighted by atomic mass is 9.88. The minimum Gasteiger partial charge on any atom is -0.368 e. The summed E-state index contributed by atoms with van der Waals surface area (Å²) in [5.41, 5.74) is 5.10. The molecule has 2 fully saturated rings. The quantitative estimate of drug-likeness (QED) is 0.285. The fraction of sp³-hybridized carbons (Fsp3) is 0.472. The predicted molar refractivity (Wildman–Crippen MR) is 175 cm³/mol. The van der Waals surface area contributed by atoms with Gasteiger partial charge in [-0.2, -0.15) is 4.31 Å². The van der Waals surface area contributed by atoms with Crippen molar-refractivity contribution in [3.05, 3.63) is 95.1 Å². The van der Waals surface area contributed by atoms with Crippen LogP contribution in [0.4, 0.5) is 5.69 Å². The van der Waals surface area contributed by atoms with Crippen molar-refractivity contribution >= 4 is 21.6 Å². The molecule has 0 N–H and O–H groups in total. The van der Waals surface area contributed by atoms with E-state index in [4.69, 9.17) is 0 Å². The molecule has 0 aromatic heterocycles. The molecule has 43 heavy (non-hydrogen) atoms. The highest BCUT2D eigenvalue weighted by atomic mass is 32.2. The van der Waals surface area contributed by atoms with Gasteiger partial charge in [0.1, 0.15) is 0 Å². The second kappa shape index (κ2) is 12.8. The molecule has 230 valence electrons. The average molecular weight is 602 g/mol. The number of carbonyl (C=O) groups is 1. The highest BCUT2D eigenvalue weighted by Gasteiger charge is 2.46. The Balaban J connectivity index is 1.47. The van der Waals surface area contributed by atoms with Gasteiger partial charge < -0.3 is 9.80 Å². The monoisotopic (exact) mass is 601 g/mol. The van der Waals surface area contributed by atoms with Crippen LogP contribution < -0.4 is 4.90 Å². The summed E-state index contributed by atoms with van der Waals surface area (Å²) in [5, 5.41) is 0. The van der Waals surface area contributed by atoms with Gasteiger partial charge in [0.15, 0.2) is 0 Å². The highest BCUT2D eigenvalue weighted by Crippen LogP contribution is 2.41. The average Bonchev–Trinajstić information content (AvgIpc) is 3.47. The maximum Gasteiger partial charge on any atom is 0.243 e. The molecule has 2 saturated heterocycles. The molecule has 3 aromatic carbocycles. The smallest absolute Gasteiger partial charge is 0.243 e. The molecule has 7 heteroatoms. The van der Waals surface area contributed by atoms with Crippen molar-refractivity contribution in [3.8, 4) is 0 Å². The van der Waals surface area contributed by atoms with E-state index < -0.39 is 15.9 Å². The standard InChI is InChI=1S/C36H47N3O3S/c1-25(2)29-21-31(26(3)4)35(32(22-29)27(5)6)43(41,42)39-23-33(28-13-9-7-10-14-28)34(24-39)36(40)38-19-17-37(18-20-38)30-15-11-8-12-16-30/h7-16,21-22,25-27,33-34H,17-20,23-24H2,1-6H3. The Kier molecular flexibility index (Phi) is 9.33. The van der Waals surface area contributed by atoms with Crippen LogP contribution in [0, 0.1) is 5.92 Å². The number of sulfonamides is 1. The van der Waals surface area contributed by atoms with Gasteiger partial charge in [-0.15, -0.1) is 0 Å². The van der Waals surface area contributed by atoms with Crippen LogP contribution in [0.2, 0.25) is 0 Å². The van der Waals surface area contributed by atoms with E-state index in [1.165, 1.54) is 5.69 Å². The number of nitrogens with zero attached hydrogens (tertiary/aromatic N) is 3. The van der Waals surface area contributed by atoms with Crippen LogP contribution in [-0.2, 0) is 14.8 Å². The molecule has 0 spiro atoms. The summed E-state index contributed by atoms with van der Waals surface area (Å²) in [5.74, 6) is -0.178. The van der Waals surface area contributed by atoms with E-state index in [0.29, 0.717) is 30.4 Å². The van der Waals surface area contributed by atoms with E-state index in [1.807, 2.05) is 53.4 Å². The Morgan fingerprint density at radius 2 is 1.26 bits per heavy atom. The molecule has 2 unspecified atom stereocenters. The third-order valence-electron chi connectivity index (χ3n) is 9.22. The molecule has 0 aliphatic carbocycles. The minimum absolute atomic E-state index is 0.0480. The van der Waals surface area contributed by atoms with Gasteiger partial charge in [0.05, 0.1) is 10.8 Å². The maximum atomic E-state index is 14.7. The SMILES string of the molecule is CC(C)c1cc(C(C)C)c(S(=O)(=O)N2CC(C(=O)N3CCN(c4ccccc4)CC3)C(c3ccccc3)C2)c(C(C)C)c1. The lowest BCUT2D eigenvalue weighted by Gasteiger charge is -2.37. The number of hydrogen-bond acceptors (Lipinski definition) is 4. The van der Waals surface area contributed by atoms with E-state index in [1.54, 1.807) is 4.31 Å². The van der Waals surface area contributed by atoms with Crippen molar-refractivity contribution in [1.29, 1.82) is 0 Å². The van der Waals surface area contributed by atoms with Gasteiger partial charge >= 0.3 is 0 Å². The van der Waals surface area contributed by atoms with Crippen LogP contribution in [0.3, 0.4) is 0 Å². The fourth-order valence-corrected chi connectivity index (χ4v) is 8.78. The van der Waals surface area contributed by atoms with E-state index in [0.717, 1.165) is 35.3 Å². The molecule has 0 saturated carbocycles. The molecular weight excluding hydrogens is 554 g/mol. The van der Waals surface area contributed by atoms with Crippen LogP contribution in [0.25, 0.3) is 0 Å². The van der Waals surface area contributed by atoms with Gasteiger partial charge in [-0.3, -0.25) is 4.79 Å².